The Morgan fingerprint density at radius 3 is 2.48 bits per heavy atom. The number of alkyl halides is 3. The third-order valence-corrected chi connectivity index (χ3v) is 4.29. The second-order valence-corrected chi connectivity index (χ2v) is 5.75. The molecule has 7 heteroatoms. The molecular formula is C14H12ClF3N2S. The fourth-order valence-electron chi connectivity index (χ4n) is 1.65. The molecular weight excluding hydrogens is 321 g/mol. The molecule has 1 aromatic heterocycles. The second-order valence-electron chi connectivity index (χ2n) is 4.34. The Kier molecular flexibility index (Phi) is 5.13. The number of aromatic nitrogens is 1. The van der Waals surface area contributed by atoms with E-state index in [0.717, 1.165) is 17.8 Å². The van der Waals surface area contributed by atoms with E-state index in [9.17, 15) is 13.2 Å². The zero-order valence-electron chi connectivity index (χ0n) is 10.8. The van der Waals surface area contributed by atoms with Gasteiger partial charge in [-0.25, -0.2) is 4.98 Å². The van der Waals surface area contributed by atoms with Gasteiger partial charge in [0.05, 0.1) is 10.6 Å². The number of nitrogens with zero attached hydrogens (tertiary/aromatic N) is 1. The Labute approximate surface area is 129 Å². The summed E-state index contributed by atoms with van der Waals surface area (Å²) in [4.78, 5) is 3.77. The third kappa shape index (κ3) is 4.36. The molecule has 0 aliphatic heterocycles. The number of thioether (sulfide) groups is 1. The summed E-state index contributed by atoms with van der Waals surface area (Å²) in [5.41, 5.74) is 6.12. The minimum Gasteiger partial charge on any atom is -0.323 e. The van der Waals surface area contributed by atoms with Crippen LogP contribution in [0, 0.1) is 0 Å². The van der Waals surface area contributed by atoms with Gasteiger partial charge in [-0.15, -0.1) is 11.8 Å². The summed E-state index contributed by atoms with van der Waals surface area (Å²) in [5, 5.41) is 0.325. The zero-order chi connectivity index (χ0) is 15.5. The van der Waals surface area contributed by atoms with Crippen molar-refractivity contribution in [2.75, 3.05) is 5.75 Å². The van der Waals surface area contributed by atoms with Crippen LogP contribution in [0.25, 0.3) is 0 Å². The van der Waals surface area contributed by atoms with E-state index in [1.807, 2.05) is 30.3 Å². The maximum atomic E-state index is 12.5. The van der Waals surface area contributed by atoms with Gasteiger partial charge in [-0.2, -0.15) is 13.2 Å². The van der Waals surface area contributed by atoms with Crippen molar-refractivity contribution in [3.8, 4) is 0 Å². The van der Waals surface area contributed by atoms with Crippen LogP contribution >= 0.6 is 23.4 Å². The molecule has 1 aromatic carbocycles. The van der Waals surface area contributed by atoms with Gasteiger partial charge in [0.2, 0.25) is 0 Å². The summed E-state index contributed by atoms with van der Waals surface area (Å²) in [6.45, 7) is 0. The van der Waals surface area contributed by atoms with Gasteiger partial charge in [-0.3, -0.25) is 0 Å². The van der Waals surface area contributed by atoms with Crippen LogP contribution in [0.1, 0.15) is 17.2 Å². The molecule has 0 amide bonds. The fraction of sp³-hybridized carbons (Fsp3) is 0.214. The first-order valence-electron chi connectivity index (χ1n) is 6.04. The van der Waals surface area contributed by atoms with Crippen LogP contribution in [0.2, 0.25) is 5.02 Å². The van der Waals surface area contributed by atoms with E-state index >= 15 is 0 Å². The van der Waals surface area contributed by atoms with Crippen LogP contribution in [-0.4, -0.2) is 10.7 Å². The molecule has 0 saturated heterocycles. The molecule has 2 nitrogen and oxygen atoms in total. The van der Waals surface area contributed by atoms with E-state index in [4.69, 9.17) is 17.3 Å². The summed E-state index contributed by atoms with van der Waals surface area (Å²) in [5.74, 6) is 0.474. The van der Waals surface area contributed by atoms with Gasteiger partial charge in [0.25, 0.3) is 0 Å². The molecule has 0 aliphatic rings. The third-order valence-electron chi connectivity index (χ3n) is 2.76. The highest BCUT2D eigenvalue weighted by atomic mass is 35.5. The fourth-order valence-corrected chi connectivity index (χ4v) is 2.84. The Hall–Kier alpha value is -1.24. The smallest absolute Gasteiger partial charge is 0.323 e. The Morgan fingerprint density at radius 1 is 1.24 bits per heavy atom. The van der Waals surface area contributed by atoms with Gasteiger partial charge in [-0.1, -0.05) is 41.9 Å². The average Bonchev–Trinajstić information content (AvgIpc) is 2.45. The van der Waals surface area contributed by atoms with Gasteiger partial charge in [0, 0.05) is 18.0 Å². The Morgan fingerprint density at radius 2 is 1.90 bits per heavy atom. The molecule has 2 N–H and O–H groups in total. The molecule has 112 valence electrons. The summed E-state index contributed by atoms with van der Waals surface area (Å²) in [6.07, 6.45) is -3.66. The first kappa shape index (κ1) is 16.1. The van der Waals surface area contributed by atoms with E-state index in [2.05, 4.69) is 4.98 Å². The molecule has 1 heterocycles. The summed E-state index contributed by atoms with van der Waals surface area (Å²) in [7, 11) is 0. The molecule has 21 heavy (non-hydrogen) atoms. The predicted octanol–water partition coefficient (Wildman–Crippen LogP) is 4.55. The van der Waals surface area contributed by atoms with E-state index in [0.29, 0.717) is 10.8 Å². The molecule has 2 aromatic rings. The number of hydrogen-bond donors (Lipinski definition) is 1. The van der Waals surface area contributed by atoms with Crippen molar-refractivity contribution in [2.24, 2.45) is 5.73 Å². The van der Waals surface area contributed by atoms with Gasteiger partial charge in [0.15, 0.2) is 0 Å². The normalized spacial score (nSPS) is 13.2. The Balaban J connectivity index is 2.04. The van der Waals surface area contributed by atoms with Gasteiger partial charge >= 0.3 is 6.18 Å². The van der Waals surface area contributed by atoms with Crippen molar-refractivity contribution in [3.05, 3.63) is 58.7 Å². The number of nitrogens with two attached hydrogens (primary N) is 1. The lowest BCUT2D eigenvalue weighted by atomic mass is 10.1. The minimum absolute atomic E-state index is 0.0184. The highest BCUT2D eigenvalue weighted by molar-refractivity contribution is 7.99. The van der Waals surface area contributed by atoms with E-state index < -0.39 is 11.7 Å². The first-order chi connectivity index (χ1) is 9.88. The Bertz CT molecular complexity index is 605. The van der Waals surface area contributed by atoms with Crippen LogP contribution < -0.4 is 5.73 Å². The van der Waals surface area contributed by atoms with Crippen LogP contribution in [0.5, 0.6) is 0 Å². The number of rotatable bonds is 4. The second kappa shape index (κ2) is 6.68. The molecule has 0 fully saturated rings. The molecule has 1 atom stereocenters. The van der Waals surface area contributed by atoms with E-state index in [1.165, 1.54) is 11.8 Å². The summed E-state index contributed by atoms with van der Waals surface area (Å²) < 4.78 is 37.5. The van der Waals surface area contributed by atoms with Crippen molar-refractivity contribution in [1.82, 2.24) is 4.98 Å². The van der Waals surface area contributed by atoms with Crippen LogP contribution in [0.4, 0.5) is 13.2 Å². The molecule has 0 bridgehead atoms. The van der Waals surface area contributed by atoms with Crippen LogP contribution in [0.15, 0.2) is 47.6 Å². The summed E-state index contributed by atoms with van der Waals surface area (Å²) in [6, 6.07) is 10.1. The van der Waals surface area contributed by atoms with Crippen molar-refractivity contribution >= 4 is 23.4 Å². The lowest BCUT2D eigenvalue weighted by molar-refractivity contribution is -0.137. The maximum Gasteiger partial charge on any atom is 0.417 e. The number of hydrogen-bond acceptors (Lipinski definition) is 3. The topological polar surface area (TPSA) is 38.9 Å². The predicted molar refractivity (Wildman–Crippen MR) is 78.3 cm³/mol. The molecule has 0 radical (unpaired) electrons. The largest absolute Gasteiger partial charge is 0.417 e. The maximum absolute atomic E-state index is 12.5. The van der Waals surface area contributed by atoms with Gasteiger partial charge in [-0.05, 0) is 11.6 Å². The van der Waals surface area contributed by atoms with Crippen LogP contribution in [0.3, 0.4) is 0 Å². The number of pyridine rings is 1. The van der Waals surface area contributed by atoms with Crippen molar-refractivity contribution < 1.29 is 13.2 Å². The standard InChI is InChI=1S/C14H12ClF3N2S/c15-11-6-10(14(16,17)18)7-20-13(11)21-8-12(19)9-4-2-1-3-5-9/h1-7,12H,8,19H2. The first-order valence-corrected chi connectivity index (χ1v) is 7.40. The lowest BCUT2D eigenvalue weighted by Crippen LogP contribution is -2.13. The summed E-state index contributed by atoms with van der Waals surface area (Å²) >= 11 is 7.07. The van der Waals surface area contributed by atoms with Gasteiger partial charge < -0.3 is 5.73 Å². The van der Waals surface area contributed by atoms with E-state index in [1.54, 1.807) is 0 Å². The highest BCUT2D eigenvalue weighted by Gasteiger charge is 2.31. The monoisotopic (exact) mass is 332 g/mol. The highest BCUT2D eigenvalue weighted by Crippen LogP contribution is 2.34. The number of halogens is 4. The zero-order valence-corrected chi connectivity index (χ0v) is 12.3. The van der Waals surface area contributed by atoms with Crippen LogP contribution in [-0.2, 0) is 6.18 Å². The molecule has 1 unspecified atom stereocenters. The average molecular weight is 333 g/mol. The molecule has 0 aliphatic carbocycles. The quantitative estimate of drug-likeness (QED) is 0.835. The minimum atomic E-state index is -4.44. The van der Waals surface area contributed by atoms with Crippen molar-refractivity contribution in [1.29, 1.82) is 0 Å². The number of benzene rings is 1. The van der Waals surface area contributed by atoms with Crippen molar-refractivity contribution in [3.63, 3.8) is 0 Å². The van der Waals surface area contributed by atoms with Gasteiger partial charge in [0.1, 0.15) is 5.03 Å². The van der Waals surface area contributed by atoms with E-state index in [-0.39, 0.29) is 11.1 Å². The molecule has 0 spiro atoms. The van der Waals surface area contributed by atoms with Crippen molar-refractivity contribution in [2.45, 2.75) is 17.2 Å². The molecule has 0 saturated carbocycles. The SMILES string of the molecule is NC(CSc1ncc(C(F)(F)F)cc1Cl)c1ccccc1. The lowest BCUT2D eigenvalue weighted by Gasteiger charge is -2.12. The molecule has 2 rings (SSSR count).